The highest BCUT2D eigenvalue weighted by molar-refractivity contribution is 5.70. The van der Waals surface area contributed by atoms with E-state index >= 15 is 0 Å². The Hall–Kier alpha value is -3.06. The second-order valence-electron chi connectivity index (χ2n) is 7.05. The van der Waals surface area contributed by atoms with E-state index < -0.39 is 18.3 Å². The number of nitrogens with one attached hydrogen (secondary N) is 1. The standard InChI is InChI=1S/C23H23F3N2O2/c1-16(18-6-4-3-5-7-18)27-13-17-8-10-21(30-2)20(12-17)19-9-11-22(29)28(14-19)15-23(24,25)26/h3-12,14,16,27H,13,15H2,1-2H3/t16-/m1/s1. The Labute approximate surface area is 172 Å². The highest BCUT2D eigenvalue weighted by Gasteiger charge is 2.28. The molecule has 1 N–H and O–H groups in total. The van der Waals surface area contributed by atoms with Gasteiger partial charge in [0.1, 0.15) is 12.3 Å². The summed E-state index contributed by atoms with van der Waals surface area (Å²) in [6.45, 7) is 1.29. The fraction of sp³-hybridized carbons (Fsp3) is 0.261. The molecule has 0 saturated heterocycles. The summed E-state index contributed by atoms with van der Waals surface area (Å²) in [7, 11) is 1.50. The zero-order chi connectivity index (χ0) is 21.7. The van der Waals surface area contributed by atoms with Gasteiger partial charge in [-0.2, -0.15) is 13.2 Å². The van der Waals surface area contributed by atoms with E-state index in [1.54, 1.807) is 6.07 Å². The summed E-state index contributed by atoms with van der Waals surface area (Å²) < 4.78 is 44.4. The minimum absolute atomic E-state index is 0.130. The predicted molar refractivity (Wildman–Crippen MR) is 110 cm³/mol. The SMILES string of the molecule is COc1ccc(CN[C@H](C)c2ccccc2)cc1-c1ccc(=O)n(CC(F)(F)F)c1. The molecule has 3 aromatic rings. The van der Waals surface area contributed by atoms with Gasteiger partial charge in [0.25, 0.3) is 5.56 Å². The largest absolute Gasteiger partial charge is 0.496 e. The molecule has 1 atom stereocenters. The van der Waals surface area contributed by atoms with E-state index in [9.17, 15) is 18.0 Å². The third-order valence-corrected chi connectivity index (χ3v) is 4.82. The lowest BCUT2D eigenvalue weighted by molar-refractivity contribution is -0.141. The first kappa shape index (κ1) is 21.6. The number of aromatic nitrogens is 1. The summed E-state index contributed by atoms with van der Waals surface area (Å²) in [5.41, 5.74) is 2.51. The number of pyridine rings is 1. The molecular formula is C23H23F3N2O2. The van der Waals surface area contributed by atoms with E-state index in [0.717, 1.165) is 17.2 Å². The Kier molecular flexibility index (Phi) is 6.62. The maximum Gasteiger partial charge on any atom is 0.406 e. The van der Waals surface area contributed by atoms with Crippen LogP contribution >= 0.6 is 0 Å². The molecule has 0 fully saturated rings. The molecule has 1 aromatic heterocycles. The highest BCUT2D eigenvalue weighted by atomic mass is 19.4. The molecule has 0 radical (unpaired) electrons. The van der Waals surface area contributed by atoms with Crippen molar-refractivity contribution in [3.05, 3.63) is 88.3 Å². The van der Waals surface area contributed by atoms with Crippen LogP contribution in [0.3, 0.4) is 0 Å². The molecule has 0 saturated carbocycles. The molecule has 7 heteroatoms. The second-order valence-corrected chi connectivity index (χ2v) is 7.05. The van der Waals surface area contributed by atoms with Gasteiger partial charge in [-0.3, -0.25) is 4.79 Å². The normalized spacial score (nSPS) is 12.6. The average Bonchev–Trinajstić information content (AvgIpc) is 2.73. The average molecular weight is 416 g/mol. The molecule has 0 bridgehead atoms. The van der Waals surface area contributed by atoms with Gasteiger partial charge < -0.3 is 14.6 Å². The van der Waals surface area contributed by atoms with Crippen molar-refractivity contribution >= 4 is 0 Å². The molecular weight excluding hydrogens is 393 g/mol. The topological polar surface area (TPSA) is 43.3 Å². The fourth-order valence-corrected chi connectivity index (χ4v) is 3.23. The number of rotatable bonds is 7. The van der Waals surface area contributed by atoms with Crippen LogP contribution in [0.1, 0.15) is 24.1 Å². The fourth-order valence-electron chi connectivity index (χ4n) is 3.23. The number of hydrogen-bond donors (Lipinski definition) is 1. The van der Waals surface area contributed by atoms with Crippen molar-refractivity contribution in [1.29, 1.82) is 0 Å². The molecule has 30 heavy (non-hydrogen) atoms. The zero-order valence-corrected chi connectivity index (χ0v) is 16.7. The van der Waals surface area contributed by atoms with Gasteiger partial charge in [0.2, 0.25) is 0 Å². The van der Waals surface area contributed by atoms with Crippen molar-refractivity contribution in [3.63, 3.8) is 0 Å². The predicted octanol–water partition coefficient (Wildman–Crippen LogP) is 4.94. The summed E-state index contributed by atoms with van der Waals surface area (Å²) in [4.78, 5) is 11.8. The second kappa shape index (κ2) is 9.17. The van der Waals surface area contributed by atoms with Gasteiger partial charge in [0.15, 0.2) is 0 Å². The van der Waals surface area contributed by atoms with Crippen molar-refractivity contribution in [3.8, 4) is 16.9 Å². The number of nitrogens with zero attached hydrogens (tertiary/aromatic N) is 1. The molecule has 1 heterocycles. The van der Waals surface area contributed by atoms with E-state index in [2.05, 4.69) is 12.2 Å². The molecule has 3 rings (SSSR count). The maximum absolute atomic E-state index is 12.8. The Morgan fingerprint density at radius 3 is 2.47 bits per heavy atom. The number of benzene rings is 2. The minimum atomic E-state index is -4.48. The molecule has 0 spiro atoms. The summed E-state index contributed by atoms with van der Waals surface area (Å²) in [5.74, 6) is 0.520. The zero-order valence-electron chi connectivity index (χ0n) is 16.7. The van der Waals surface area contributed by atoms with E-state index in [0.29, 0.717) is 28.0 Å². The number of hydrogen-bond acceptors (Lipinski definition) is 3. The molecule has 0 unspecified atom stereocenters. The number of methoxy groups -OCH3 is 1. The number of halogens is 3. The van der Waals surface area contributed by atoms with Crippen LogP contribution in [0.4, 0.5) is 13.2 Å². The van der Waals surface area contributed by atoms with Gasteiger partial charge in [-0.1, -0.05) is 36.4 Å². The van der Waals surface area contributed by atoms with Gasteiger partial charge in [-0.15, -0.1) is 0 Å². The van der Waals surface area contributed by atoms with E-state index in [1.807, 2.05) is 42.5 Å². The summed E-state index contributed by atoms with van der Waals surface area (Å²) in [5, 5.41) is 3.44. The lowest BCUT2D eigenvalue weighted by atomic mass is 10.0. The van der Waals surface area contributed by atoms with Crippen molar-refractivity contribution in [1.82, 2.24) is 9.88 Å². The molecule has 0 amide bonds. The van der Waals surface area contributed by atoms with Crippen LogP contribution in [0.15, 0.2) is 71.7 Å². The lowest BCUT2D eigenvalue weighted by Crippen LogP contribution is -2.27. The first-order valence-corrected chi connectivity index (χ1v) is 9.49. The van der Waals surface area contributed by atoms with Crippen molar-refractivity contribution in [2.45, 2.75) is 32.2 Å². The Bertz CT molecular complexity index is 1050. The van der Waals surface area contributed by atoms with E-state index in [1.165, 1.54) is 19.4 Å². The quantitative estimate of drug-likeness (QED) is 0.594. The van der Waals surface area contributed by atoms with Gasteiger partial charge in [-0.25, -0.2) is 0 Å². The molecule has 2 aromatic carbocycles. The van der Waals surface area contributed by atoms with Crippen LogP contribution in [0.25, 0.3) is 11.1 Å². The van der Waals surface area contributed by atoms with Crippen molar-refractivity contribution < 1.29 is 17.9 Å². The Morgan fingerprint density at radius 1 is 1.07 bits per heavy atom. The Morgan fingerprint density at radius 2 is 1.80 bits per heavy atom. The first-order valence-electron chi connectivity index (χ1n) is 9.49. The maximum atomic E-state index is 12.8. The van der Waals surface area contributed by atoms with Gasteiger partial charge in [0.05, 0.1) is 7.11 Å². The summed E-state index contributed by atoms with van der Waals surface area (Å²) in [6, 6.07) is 18.3. The van der Waals surface area contributed by atoms with Gasteiger partial charge >= 0.3 is 6.18 Å². The Balaban J connectivity index is 1.86. The summed E-state index contributed by atoms with van der Waals surface area (Å²) in [6.07, 6.45) is -3.26. The van der Waals surface area contributed by atoms with E-state index in [4.69, 9.17) is 4.74 Å². The van der Waals surface area contributed by atoms with Crippen LogP contribution in [-0.2, 0) is 13.1 Å². The smallest absolute Gasteiger partial charge is 0.406 e. The van der Waals surface area contributed by atoms with Crippen LogP contribution in [0, 0.1) is 0 Å². The third kappa shape index (κ3) is 5.51. The van der Waals surface area contributed by atoms with Crippen LogP contribution in [0.5, 0.6) is 5.75 Å². The van der Waals surface area contributed by atoms with Crippen LogP contribution < -0.4 is 15.6 Å². The molecule has 158 valence electrons. The molecule has 0 aliphatic heterocycles. The van der Waals surface area contributed by atoms with Crippen LogP contribution in [-0.4, -0.2) is 17.9 Å². The van der Waals surface area contributed by atoms with Crippen molar-refractivity contribution in [2.75, 3.05) is 7.11 Å². The summed E-state index contributed by atoms with van der Waals surface area (Å²) >= 11 is 0. The van der Waals surface area contributed by atoms with Crippen molar-refractivity contribution in [2.24, 2.45) is 0 Å². The molecule has 4 nitrogen and oxygen atoms in total. The number of ether oxygens (including phenoxy) is 1. The first-order chi connectivity index (χ1) is 14.3. The highest BCUT2D eigenvalue weighted by Crippen LogP contribution is 2.31. The minimum Gasteiger partial charge on any atom is -0.496 e. The van der Waals surface area contributed by atoms with Crippen LogP contribution in [0.2, 0.25) is 0 Å². The molecule has 0 aliphatic rings. The van der Waals surface area contributed by atoms with E-state index in [-0.39, 0.29) is 6.04 Å². The third-order valence-electron chi connectivity index (χ3n) is 4.82. The molecule has 0 aliphatic carbocycles. The lowest BCUT2D eigenvalue weighted by Gasteiger charge is -2.16. The van der Waals surface area contributed by atoms with Gasteiger partial charge in [0, 0.05) is 36.0 Å². The number of alkyl halides is 3. The van der Waals surface area contributed by atoms with Gasteiger partial charge in [-0.05, 0) is 36.2 Å². The monoisotopic (exact) mass is 416 g/mol.